The van der Waals surface area contributed by atoms with E-state index in [2.05, 4.69) is 17.4 Å². The third kappa shape index (κ3) is 4.21. The van der Waals surface area contributed by atoms with Crippen LogP contribution in [0.2, 0.25) is 0 Å². The number of carbonyl (C=O) groups is 2. The first kappa shape index (κ1) is 21.6. The summed E-state index contributed by atoms with van der Waals surface area (Å²) in [6.07, 6.45) is 5.89. The first-order valence-electron chi connectivity index (χ1n) is 11.0. The van der Waals surface area contributed by atoms with Crippen molar-refractivity contribution in [2.45, 2.75) is 25.9 Å². The number of hydrogen-bond donors (Lipinski definition) is 1. The lowest BCUT2D eigenvalue weighted by atomic mass is 9.94. The summed E-state index contributed by atoms with van der Waals surface area (Å²) >= 11 is 0. The minimum absolute atomic E-state index is 0.0505. The van der Waals surface area contributed by atoms with Crippen LogP contribution in [0, 0.1) is 0 Å². The van der Waals surface area contributed by atoms with Crippen molar-refractivity contribution in [1.82, 2.24) is 15.1 Å². The normalized spacial score (nSPS) is 21.6. The smallest absolute Gasteiger partial charge is 0.326 e. The summed E-state index contributed by atoms with van der Waals surface area (Å²) in [5, 5.41) is 2.80. The second kappa shape index (κ2) is 9.64. The number of urea groups is 1. The molecular formula is C26H28N4O2. The van der Waals surface area contributed by atoms with E-state index < -0.39 is 0 Å². The van der Waals surface area contributed by atoms with E-state index in [0.29, 0.717) is 18.9 Å². The molecule has 0 radical (unpaired) electrons. The Labute approximate surface area is 188 Å². The van der Waals surface area contributed by atoms with Gasteiger partial charge in [-0.2, -0.15) is 0 Å². The van der Waals surface area contributed by atoms with Crippen LogP contribution in [0.5, 0.6) is 0 Å². The number of rotatable bonds is 4. The number of nitrogens with one attached hydrogen (secondary N) is 1. The van der Waals surface area contributed by atoms with Gasteiger partial charge in [-0.25, -0.2) is 4.79 Å². The van der Waals surface area contributed by atoms with Crippen LogP contribution in [0.1, 0.15) is 37.1 Å². The molecule has 0 bridgehead atoms. The number of piperazine rings is 1. The Morgan fingerprint density at radius 3 is 2.28 bits per heavy atom. The Morgan fingerprint density at radius 2 is 1.69 bits per heavy atom. The number of benzene rings is 2. The zero-order valence-corrected chi connectivity index (χ0v) is 18.4. The van der Waals surface area contributed by atoms with Crippen molar-refractivity contribution in [2.75, 3.05) is 19.6 Å². The van der Waals surface area contributed by atoms with Crippen molar-refractivity contribution in [3.8, 4) is 0 Å². The van der Waals surface area contributed by atoms with E-state index in [0.717, 1.165) is 16.7 Å². The van der Waals surface area contributed by atoms with Gasteiger partial charge in [-0.05, 0) is 25.0 Å². The molecule has 0 saturated carbocycles. The number of nitrogens with zero attached hydrogens (tertiary/aromatic N) is 3. The van der Waals surface area contributed by atoms with Crippen molar-refractivity contribution >= 4 is 17.8 Å². The Balaban J connectivity index is 1.85. The molecule has 4 rings (SSSR count). The maximum atomic E-state index is 13.9. The molecule has 32 heavy (non-hydrogen) atoms. The van der Waals surface area contributed by atoms with Gasteiger partial charge in [0.2, 0.25) is 5.91 Å². The molecule has 164 valence electrons. The fraction of sp³-hybridized carbons (Fsp3) is 0.269. The van der Waals surface area contributed by atoms with Crippen LogP contribution in [0.3, 0.4) is 0 Å². The van der Waals surface area contributed by atoms with Crippen LogP contribution >= 0.6 is 0 Å². The average Bonchev–Trinajstić information content (AvgIpc) is 3.23. The molecule has 0 aromatic heterocycles. The van der Waals surface area contributed by atoms with Gasteiger partial charge in [0, 0.05) is 18.7 Å². The SMILES string of the molecule is C/C=C\C(=C/C)C1=NC(c2ccccc2)C(c2ccccc2)N1C(=O)N1CCNC(=O)C1. The van der Waals surface area contributed by atoms with Crippen LogP contribution in [-0.2, 0) is 4.79 Å². The first-order chi connectivity index (χ1) is 15.6. The van der Waals surface area contributed by atoms with Crippen molar-refractivity contribution in [1.29, 1.82) is 0 Å². The van der Waals surface area contributed by atoms with Crippen LogP contribution in [0.25, 0.3) is 0 Å². The van der Waals surface area contributed by atoms with Crippen LogP contribution < -0.4 is 5.32 Å². The number of hydrogen-bond acceptors (Lipinski definition) is 3. The van der Waals surface area contributed by atoms with E-state index in [-0.39, 0.29) is 30.6 Å². The highest BCUT2D eigenvalue weighted by Crippen LogP contribution is 2.44. The predicted octanol–water partition coefficient (Wildman–Crippen LogP) is 4.26. The summed E-state index contributed by atoms with van der Waals surface area (Å²) in [6, 6.07) is 19.3. The van der Waals surface area contributed by atoms with Crippen LogP contribution in [-0.4, -0.2) is 47.2 Å². The summed E-state index contributed by atoms with van der Waals surface area (Å²) in [4.78, 5) is 34.4. The van der Waals surface area contributed by atoms with Crippen molar-refractivity contribution in [3.05, 3.63) is 95.6 Å². The molecule has 2 aliphatic heterocycles. The van der Waals surface area contributed by atoms with E-state index >= 15 is 0 Å². The van der Waals surface area contributed by atoms with Gasteiger partial charge in [0.25, 0.3) is 0 Å². The molecule has 0 spiro atoms. The number of amidine groups is 1. The molecule has 2 heterocycles. The fourth-order valence-electron chi connectivity index (χ4n) is 4.28. The summed E-state index contributed by atoms with van der Waals surface area (Å²) in [7, 11) is 0. The molecular weight excluding hydrogens is 400 g/mol. The summed E-state index contributed by atoms with van der Waals surface area (Å²) in [6.45, 7) is 4.87. The van der Waals surface area contributed by atoms with Gasteiger partial charge in [-0.15, -0.1) is 0 Å². The molecule has 2 unspecified atom stereocenters. The van der Waals surface area contributed by atoms with Gasteiger partial charge in [0.1, 0.15) is 18.4 Å². The summed E-state index contributed by atoms with van der Waals surface area (Å²) in [5.41, 5.74) is 2.92. The number of amides is 3. The van der Waals surface area contributed by atoms with Crippen molar-refractivity contribution in [3.63, 3.8) is 0 Å². The molecule has 0 aliphatic carbocycles. The highest BCUT2D eigenvalue weighted by atomic mass is 16.2. The molecule has 2 atom stereocenters. The molecule has 2 aromatic carbocycles. The molecule has 1 saturated heterocycles. The van der Waals surface area contributed by atoms with Gasteiger partial charge < -0.3 is 10.2 Å². The van der Waals surface area contributed by atoms with Crippen LogP contribution in [0.4, 0.5) is 4.79 Å². The van der Waals surface area contributed by atoms with Gasteiger partial charge in [0.05, 0.1) is 6.04 Å². The molecule has 6 nitrogen and oxygen atoms in total. The monoisotopic (exact) mass is 428 g/mol. The minimum atomic E-state index is -0.314. The van der Waals surface area contributed by atoms with E-state index in [9.17, 15) is 9.59 Å². The second-order valence-corrected chi connectivity index (χ2v) is 7.83. The van der Waals surface area contributed by atoms with E-state index in [1.165, 1.54) is 0 Å². The van der Waals surface area contributed by atoms with Gasteiger partial charge >= 0.3 is 6.03 Å². The zero-order valence-electron chi connectivity index (χ0n) is 18.4. The lowest BCUT2D eigenvalue weighted by Crippen LogP contribution is -2.55. The molecule has 1 N–H and O–H groups in total. The number of allylic oxidation sites excluding steroid dienone is 2. The lowest BCUT2D eigenvalue weighted by Gasteiger charge is -2.35. The van der Waals surface area contributed by atoms with Gasteiger partial charge in [-0.1, -0.05) is 78.9 Å². The highest BCUT2D eigenvalue weighted by molar-refractivity contribution is 6.11. The van der Waals surface area contributed by atoms with Gasteiger partial charge in [-0.3, -0.25) is 14.7 Å². The van der Waals surface area contributed by atoms with Crippen molar-refractivity contribution < 1.29 is 9.59 Å². The fourth-order valence-corrected chi connectivity index (χ4v) is 4.28. The number of aliphatic imine (C=N–C) groups is 1. The quantitative estimate of drug-likeness (QED) is 0.740. The maximum Gasteiger partial charge on any atom is 0.326 e. The Hall–Kier alpha value is -3.67. The van der Waals surface area contributed by atoms with Crippen molar-refractivity contribution in [2.24, 2.45) is 4.99 Å². The summed E-state index contributed by atoms with van der Waals surface area (Å²) < 4.78 is 0. The number of carbonyl (C=O) groups excluding carboxylic acids is 2. The standard InChI is InChI=1S/C26H28N4O2/c1-3-11-19(4-2)25-28-23(20-12-7-5-8-13-20)24(21-14-9-6-10-15-21)30(25)26(32)29-17-16-27-22(31)18-29/h3-15,23-24H,16-18H2,1-2H3,(H,27,31)/b11-3-,19-4+. The third-order valence-electron chi connectivity index (χ3n) is 5.78. The van der Waals surface area contributed by atoms with Gasteiger partial charge in [0.15, 0.2) is 0 Å². The zero-order chi connectivity index (χ0) is 22.5. The molecule has 3 amide bonds. The Morgan fingerprint density at radius 1 is 1.03 bits per heavy atom. The third-order valence-corrected chi connectivity index (χ3v) is 5.78. The van der Waals surface area contributed by atoms with E-state index in [1.54, 1.807) is 9.80 Å². The Kier molecular flexibility index (Phi) is 6.50. The Bertz CT molecular complexity index is 1060. The summed E-state index contributed by atoms with van der Waals surface area (Å²) in [5.74, 6) is 0.488. The predicted molar refractivity (Wildman–Crippen MR) is 126 cm³/mol. The lowest BCUT2D eigenvalue weighted by molar-refractivity contribution is -0.123. The maximum absolute atomic E-state index is 13.9. The van der Waals surface area contributed by atoms with Crippen LogP contribution in [0.15, 0.2) is 89.5 Å². The average molecular weight is 429 g/mol. The topological polar surface area (TPSA) is 65.0 Å². The first-order valence-corrected chi connectivity index (χ1v) is 11.0. The molecule has 6 heteroatoms. The van der Waals surface area contributed by atoms with E-state index in [4.69, 9.17) is 4.99 Å². The second-order valence-electron chi connectivity index (χ2n) is 7.83. The molecule has 1 fully saturated rings. The molecule has 2 aliphatic rings. The largest absolute Gasteiger partial charge is 0.353 e. The minimum Gasteiger partial charge on any atom is -0.353 e. The van der Waals surface area contributed by atoms with E-state index in [1.807, 2.05) is 80.6 Å². The molecule has 2 aromatic rings. The highest BCUT2D eigenvalue weighted by Gasteiger charge is 2.44.